The van der Waals surface area contributed by atoms with Crippen molar-refractivity contribution in [1.82, 2.24) is 10.6 Å². The maximum absolute atomic E-state index is 12.6. The summed E-state index contributed by atoms with van der Waals surface area (Å²) >= 11 is 0. The first kappa shape index (κ1) is 19.5. The van der Waals surface area contributed by atoms with Gasteiger partial charge in [0, 0.05) is 36.8 Å². The van der Waals surface area contributed by atoms with E-state index in [1.165, 1.54) is 5.69 Å². The van der Waals surface area contributed by atoms with E-state index >= 15 is 0 Å². The number of carbonyl (C=O) groups is 2. The van der Waals surface area contributed by atoms with E-state index in [1.807, 2.05) is 39.0 Å². The number of rotatable bonds is 4. The molecule has 1 heterocycles. The van der Waals surface area contributed by atoms with E-state index in [0.717, 1.165) is 32.4 Å². The van der Waals surface area contributed by atoms with Crippen LogP contribution in [0.5, 0.6) is 0 Å². The summed E-state index contributed by atoms with van der Waals surface area (Å²) in [6, 6.07) is 10.5. The number of nitrogens with zero attached hydrogens (tertiary/aromatic N) is 1. The molecule has 3 rings (SSSR count). The van der Waals surface area contributed by atoms with Crippen molar-refractivity contribution < 1.29 is 14.3 Å². The van der Waals surface area contributed by atoms with E-state index in [-0.39, 0.29) is 23.9 Å². The van der Waals surface area contributed by atoms with Gasteiger partial charge in [0.05, 0.1) is 0 Å². The van der Waals surface area contributed by atoms with E-state index in [2.05, 4.69) is 27.7 Å². The van der Waals surface area contributed by atoms with Crippen LogP contribution in [-0.2, 0) is 9.53 Å². The van der Waals surface area contributed by atoms with Crippen molar-refractivity contribution in [2.45, 2.75) is 64.1 Å². The van der Waals surface area contributed by atoms with E-state index in [1.54, 1.807) is 0 Å². The quantitative estimate of drug-likeness (QED) is 0.851. The van der Waals surface area contributed by atoms with E-state index in [0.29, 0.717) is 6.42 Å². The highest BCUT2D eigenvalue weighted by atomic mass is 16.6. The molecule has 1 saturated carbocycles. The number of benzene rings is 1. The van der Waals surface area contributed by atoms with Gasteiger partial charge in [0.1, 0.15) is 5.60 Å². The van der Waals surface area contributed by atoms with Crippen LogP contribution >= 0.6 is 0 Å². The van der Waals surface area contributed by atoms with Gasteiger partial charge in [-0.1, -0.05) is 18.2 Å². The number of ether oxygens (including phenoxy) is 1. The maximum Gasteiger partial charge on any atom is 0.407 e. The van der Waals surface area contributed by atoms with Crippen molar-refractivity contribution in [2.24, 2.45) is 5.92 Å². The topological polar surface area (TPSA) is 70.7 Å². The fourth-order valence-corrected chi connectivity index (χ4v) is 3.90. The lowest BCUT2D eigenvalue weighted by Crippen LogP contribution is -2.41. The summed E-state index contributed by atoms with van der Waals surface area (Å²) in [5, 5.41) is 6.10. The van der Waals surface area contributed by atoms with Crippen LogP contribution in [0.25, 0.3) is 0 Å². The lowest BCUT2D eigenvalue weighted by atomic mass is 10.1. The largest absolute Gasteiger partial charge is 0.444 e. The Bertz CT molecular complexity index is 656. The van der Waals surface area contributed by atoms with Crippen LogP contribution in [0.1, 0.15) is 46.5 Å². The first-order valence-electron chi connectivity index (χ1n) is 9.90. The van der Waals surface area contributed by atoms with Gasteiger partial charge in [0.2, 0.25) is 5.91 Å². The zero-order valence-corrected chi connectivity index (χ0v) is 16.5. The molecule has 2 N–H and O–H groups in total. The zero-order valence-electron chi connectivity index (χ0n) is 16.5. The van der Waals surface area contributed by atoms with Crippen LogP contribution in [0, 0.1) is 5.92 Å². The Morgan fingerprint density at radius 2 is 1.78 bits per heavy atom. The van der Waals surface area contributed by atoms with Crippen LogP contribution < -0.4 is 15.5 Å². The molecule has 0 unspecified atom stereocenters. The minimum absolute atomic E-state index is 0.0139. The second-order valence-corrected chi connectivity index (χ2v) is 8.63. The Morgan fingerprint density at radius 3 is 2.48 bits per heavy atom. The van der Waals surface area contributed by atoms with Crippen molar-refractivity contribution in [3.63, 3.8) is 0 Å². The van der Waals surface area contributed by atoms with E-state index in [9.17, 15) is 9.59 Å². The highest BCUT2D eigenvalue weighted by Crippen LogP contribution is 2.27. The van der Waals surface area contributed by atoms with E-state index in [4.69, 9.17) is 4.74 Å². The maximum atomic E-state index is 12.6. The van der Waals surface area contributed by atoms with Gasteiger partial charge in [0.15, 0.2) is 0 Å². The number of nitrogens with one attached hydrogen (secondary N) is 2. The molecule has 1 saturated heterocycles. The molecule has 0 aromatic heterocycles. The van der Waals surface area contributed by atoms with Crippen LogP contribution in [0.15, 0.2) is 30.3 Å². The van der Waals surface area contributed by atoms with Gasteiger partial charge in [-0.3, -0.25) is 4.79 Å². The Balaban J connectivity index is 1.42. The summed E-state index contributed by atoms with van der Waals surface area (Å²) in [4.78, 5) is 26.8. The van der Waals surface area contributed by atoms with Gasteiger partial charge in [-0.2, -0.15) is 0 Å². The van der Waals surface area contributed by atoms with Crippen LogP contribution in [0.4, 0.5) is 10.5 Å². The minimum Gasteiger partial charge on any atom is -0.444 e. The minimum atomic E-state index is -0.507. The number of carbonyl (C=O) groups excluding carboxylic acids is 2. The molecule has 3 atom stereocenters. The van der Waals surface area contributed by atoms with Crippen molar-refractivity contribution in [3.8, 4) is 0 Å². The molecule has 1 aromatic carbocycles. The summed E-state index contributed by atoms with van der Waals surface area (Å²) in [7, 11) is 0. The van der Waals surface area contributed by atoms with Gasteiger partial charge in [0.25, 0.3) is 0 Å². The second kappa shape index (κ2) is 8.19. The molecule has 1 aromatic rings. The molecule has 0 bridgehead atoms. The molecule has 2 aliphatic rings. The first-order valence-corrected chi connectivity index (χ1v) is 9.90. The lowest BCUT2D eigenvalue weighted by Gasteiger charge is -2.22. The fraction of sp³-hybridized carbons (Fsp3) is 0.619. The number of alkyl carbamates (subject to hydrolysis) is 1. The first-order chi connectivity index (χ1) is 12.8. The fourth-order valence-electron chi connectivity index (χ4n) is 3.90. The predicted octanol–water partition coefficient (Wildman–Crippen LogP) is 3.07. The summed E-state index contributed by atoms with van der Waals surface area (Å²) in [5.41, 5.74) is 0.698. The van der Waals surface area contributed by atoms with Crippen LogP contribution in [0.3, 0.4) is 0 Å². The normalized spacial score (nSPS) is 25.3. The van der Waals surface area contributed by atoms with Crippen LogP contribution in [-0.4, -0.2) is 42.8 Å². The number of amides is 2. The predicted molar refractivity (Wildman–Crippen MR) is 106 cm³/mol. The summed E-state index contributed by atoms with van der Waals surface area (Å²) < 4.78 is 5.30. The monoisotopic (exact) mass is 373 g/mol. The Morgan fingerprint density at radius 1 is 1.04 bits per heavy atom. The Hall–Kier alpha value is -2.24. The Labute approximate surface area is 161 Å². The lowest BCUT2D eigenvalue weighted by molar-refractivity contribution is -0.125. The third-order valence-electron chi connectivity index (χ3n) is 5.18. The van der Waals surface area contributed by atoms with Gasteiger partial charge in [-0.15, -0.1) is 0 Å². The summed E-state index contributed by atoms with van der Waals surface area (Å²) in [5.74, 6) is 0.0825. The summed E-state index contributed by atoms with van der Waals surface area (Å²) in [6.45, 7) is 7.35. The molecular weight excluding hydrogens is 342 g/mol. The van der Waals surface area contributed by atoms with Gasteiger partial charge in [-0.05, 0) is 58.6 Å². The van der Waals surface area contributed by atoms with Crippen LogP contribution in [0.2, 0.25) is 0 Å². The third-order valence-corrected chi connectivity index (χ3v) is 5.18. The number of hydrogen-bond donors (Lipinski definition) is 2. The number of para-hydroxylation sites is 1. The standard InChI is InChI=1S/C21H31N3O3/c1-21(2,3)27-20(26)23-16-10-9-15(13-16)19(25)22-17-11-12-24(14-17)18-7-5-4-6-8-18/h4-8,15-17H,9-14H2,1-3H3,(H,22,25)(H,23,26)/t15-,16-,17-/m1/s1. The molecule has 2 fully saturated rings. The highest BCUT2D eigenvalue weighted by Gasteiger charge is 2.33. The molecule has 148 valence electrons. The van der Waals surface area contributed by atoms with Crippen molar-refractivity contribution in [2.75, 3.05) is 18.0 Å². The molecule has 0 spiro atoms. The molecule has 6 heteroatoms. The molecule has 2 amide bonds. The van der Waals surface area contributed by atoms with Gasteiger partial charge in [-0.25, -0.2) is 4.79 Å². The smallest absolute Gasteiger partial charge is 0.407 e. The third kappa shape index (κ3) is 5.62. The highest BCUT2D eigenvalue weighted by molar-refractivity contribution is 5.79. The average molecular weight is 373 g/mol. The Kier molecular flexibility index (Phi) is 5.92. The second-order valence-electron chi connectivity index (χ2n) is 8.63. The molecule has 1 aliphatic carbocycles. The molecule has 6 nitrogen and oxygen atoms in total. The molecular formula is C21H31N3O3. The zero-order chi connectivity index (χ0) is 19.4. The summed E-state index contributed by atoms with van der Waals surface area (Å²) in [6.07, 6.45) is 2.87. The molecule has 0 radical (unpaired) electrons. The number of hydrogen-bond acceptors (Lipinski definition) is 4. The van der Waals surface area contributed by atoms with Crippen molar-refractivity contribution in [1.29, 1.82) is 0 Å². The van der Waals surface area contributed by atoms with Gasteiger partial charge < -0.3 is 20.3 Å². The molecule has 1 aliphatic heterocycles. The van der Waals surface area contributed by atoms with Gasteiger partial charge >= 0.3 is 6.09 Å². The van der Waals surface area contributed by atoms with Crippen molar-refractivity contribution in [3.05, 3.63) is 30.3 Å². The number of anilines is 1. The molecule has 27 heavy (non-hydrogen) atoms. The SMILES string of the molecule is CC(C)(C)OC(=O)N[C@@H]1CC[C@@H](C(=O)N[C@@H]2CCN(c3ccccc3)C2)C1. The van der Waals surface area contributed by atoms with Crippen molar-refractivity contribution >= 4 is 17.7 Å². The van der Waals surface area contributed by atoms with E-state index < -0.39 is 11.7 Å². The average Bonchev–Trinajstić information content (AvgIpc) is 3.23.